The first-order chi connectivity index (χ1) is 9.72. The summed E-state index contributed by atoms with van der Waals surface area (Å²) in [7, 11) is 2.18. The zero-order valence-electron chi connectivity index (χ0n) is 12.4. The fourth-order valence-electron chi connectivity index (χ4n) is 3.68. The van der Waals surface area contributed by atoms with Gasteiger partial charge in [0, 0.05) is 44.5 Å². The third-order valence-corrected chi connectivity index (χ3v) is 4.82. The van der Waals surface area contributed by atoms with Crippen LogP contribution >= 0.6 is 0 Å². The van der Waals surface area contributed by atoms with Crippen LogP contribution in [0.25, 0.3) is 0 Å². The number of rotatable bonds is 4. The molecule has 0 spiro atoms. The maximum atomic E-state index is 6.04. The Morgan fingerprint density at radius 2 is 1.85 bits per heavy atom. The Kier molecular flexibility index (Phi) is 3.96. The van der Waals surface area contributed by atoms with Crippen LogP contribution in [0, 0.1) is 0 Å². The summed E-state index contributed by atoms with van der Waals surface area (Å²) in [5.74, 6) is 0. The molecule has 0 bridgehead atoms. The Morgan fingerprint density at radius 3 is 2.40 bits per heavy atom. The molecule has 2 aliphatic rings. The molecule has 0 amide bonds. The molecule has 0 atom stereocenters. The topological polar surface area (TPSA) is 44.5 Å². The highest BCUT2D eigenvalue weighted by Crippen LogP contribution is 2.29. The number of nitrogens with one attached hydrogen (secondary N) is 1. The Balaban J connectivity index is 1.52. The van der Waals surface area contributed by atoms with Crippen LogP contribution in [0.15, 0.2) is 30.3 Å². The Hall–Kier alpha value is -1.10. The molecule has 0 aromatic heterocycles. The summed E-state index contributed by atoms with van der Waals surface area (Å²) in [6.45, 7) is 5.36. The van der Waals surface area contributed by atoms with E-state index in [9.17, 15) is 0 Å². The van der Waals surface area contributed by atoms with Gasteiger partial charge in [0.15, 0.2) is 0 Å². The summed E-state index contributed by atoms with van der Waals surface area (Å²) in [5, 5.41) is 3.65. The Labute approximate surface area is 121 Å². The van der Waals surface area contributed by atoms with E-state index in [1.54, 1.807) is 0 Å². The third-order valence-electron chi connectivity index (χ3n) is 4.82. The molecule has 2 saturated heterocycles. The molecule has 2 aliphatic heterocycles. The van der Waals surface area contributed by atoms with Gasteiger partial charge in [0.2, 0.25) is 0 Å². The summed E-state index contributed by atoms with van der Waals surface area (Å²) in [4.78, 5) is 4.98. The van der Waals surface area contributed by atoms with Crippen LogP contribution in [0.1, 0.15) is 12.8 Å². The van der Waals surface area contributed by atoms with Gasteiger partial charge in [-0.05, 0) is 32.0 Å². The van der Waals surface area contributed by atoms with Crippen LogP contribution in [-0.4, -0.2) is 61.2 Å². The fourth-order valence-corrected chi connectivity index (χ4v) is 3.68. The minimum absolute atomic E-state index is 0.256. The number of likely N-dealkylation sites (N-methyl/N-ethyl adjacent to an activating group) is 1. The van der Waals surface area contributed by atoms with Crippen molar-refractivity contribution in [3.8, 4) is 0 Å². The largest absolute Gasteiger partial charge is 0.382 e. The zero-order chi connectivity index (χ0) is 14.0. The maximum absolute atomic E-state index is 6.04. The average molecular weight is 274 g/mol. The van der Waals surface area contributed by atoms with Gasteiger partial charge >= 0.3 is 0 Å². The molecule has 0 unspecified atom stereocenters. The van der Waals surface area contributed by atoms with Gasteiger partial charge in [-0.1, -0.05) is 18.2 Å². The molecule has 0 saturated carbocycles. The normalized spacial score (nSPS) is 24.3. The van der Waals surface area contributed by atoms with Gasteiger partial charge in [-0.3, -0.25) is 4.90 Å². The van der Waals surface area contributed by atoms with Crippen molar-refractivity contribution in [3.63, 3.8) is 0 Å². The second kappa shape index (κ2) is 5.72. The van der Waals surface area contributed by atoms with E-state index in [1.165, 1.54) is 18.5 Å². The van der Waals surface area contributed by atoms with Crippen molar-refractivity contribution in [3.05, 3.63) is 30.3 Å². The standard InChI is InChI=1S/C16H26N4/c1-19-12-16(11-17,13-19)20-9-7-15(8-10-20)18-14-5-3-2-4-6-14/h2-6,15,18H,7-13,17H2,1H3. The quantitative estimate of drug-likeness (QED) is 0.866. The second-order valence-electron chi connectivity index (χ2n) is 6.37. The van der Waals surface area contributed by atoms with Gasteiger partial charge in [0.1, 0.15) is 0 Å². The number of anilines is 1. The van der Waals surface area contributed by atoms with E-state index < -0.39 is 0 Å². The summed E-state index contributed by atoms with van der Waals surface area (Å²) < 4.78 is 0. The molecule has 3 N–H and O–H groups in total. The highest BCUT2D eigenvalue weighted by molar-refractivity contribution is 5.43. The van der Waals surface area contributed by atoms with E-state index >= 15 is 0 Å². The first-order valence-electron chi connectivity index (χ1n) is 7.67. The number of piperidine rings is 1. The maximum Gasteiger partial charge on any atom is 0.0586 e. The minimum Gasteiger partial charge on any atom is -0.382 e. The Bertz CT molecular complexity index is 419. The van der Waals surface area contributed by atoms with Crippen molar-refractivity contribution in [2.45, 2.75) is 24.4 Å². The summed E-state index contributed by atoms with van der Waals surface area (Å²) in [6, 6.07) is 11.1. The lowest BCUT2D eigenvalue weighted by atomic mass is 9.86. The molecule has 0 aliphatic carbocycles. The van der Waals surface area contributed by atoms with Crippen LogP contribution in [0.2, 0.25) is 0 Å². The molecule has 2 fully saturated rings. The summed E-state index contributed by atoms with van der Waals surface area (Å²) in [5.41, 5.74) is 7.53. The SMILES string of the molecule is CN1CC(CN)(N2CCC(Nc3ccccc3)CC2)C1. The molecule has 1 aromatic carbocycles. The second-order valence-corrected chi connectivity index (χ2v) is 6.37. The smallest absolute Gasteiger partial charge is 0.0586 e. The van der Waals surface area contributed by atoms with E-state index in [4.69, 9.17) is 5.73 Å². The number of likely N-dealkylation sites (tertiary alicyclic amines) is 2. The minimum atomic E-state index is 0.256. The van der Waals surface area contributed by atoms with Gasteiger partial charge in [-0.15, -0.1) is 0 Å². The molecule has 20 heavy (non-hydrogen) atoms. The lowest BCUT2D eigenvalue weighted by molar-refractivity contribution is -0.0456. The molecule has 1 aromatic rings. The van der Waals surface area contributed by atoms with Gasteiger partial charge in [-0.25, -0.2) is 0 Å². The third kappa shape index (κ3) is 2.68. The van der Waals surface area contributed by atoms with Gasteiger partial charge in [0.05, 0.1) is 5.54 Å². The van der Waals surface area contributed by atoms with E-state index in [0.29, 0.717) is 6.04 Å². The van der Waals surface area contributed by atoms with E-state index in [0.717, 1.165) is 32.7 Å². The average Bonchev–Trinajstić information content (AvgIpc) is 2.46. The van der Waals surface area contributed by atoms with E-state index in [1.807, 2.05) is 0 Å². The number of hydrogen-bond acceptors (Lipinski definition) is 4. The molecule has 110 valence electrons. The number of hydrogen-bond donors (Lipinski definition) is 2. The van der Waals surface area contributed by atoms with Crippen molar-refractivity contribution in [2.24, 2.45) is 5.73 Å². The monoisotopic (exact) mass is 274 g/mol. The van der Waals surface area contributed by atoms with Gasteiger partial charge in [0.25, 0.3) is 0 Å². The van der Waals surface area contributed by atoms with Crippen molar-refractivity contribution in [1.82, 2.24) is 9.80 Å². The molecule has 0 radical (unpaired) electrons. The van der Waals surface area contributed by atoms with E-state index in [-0.39, 0.29) is 5.54 Å². The fraction of sp³-hybridized carbons (Fsp3) is 0.625. The summed E-state index contributed by atoms with van der Waals surface area (Å²) >= 11 is 0. The van der Waals surface area contributed by atoms with Crippen LogP contribution in [0.3, 0.4) is 0 Å². The van der Waals surface area contributed by atoms with Crippen LogP contribution in [-0.2, 0) is 0 Å². The van der Waals surface area contributed by atoms with Crippen molar-refractivity contribution < 1.29 is 0 Å². The molecule has 2 heterocycles. The van der Waals surface area contributed by atoms with Crippen LogP contribution < -0.4 is 11.1 Å². The van der Waals surface area contributed by atoms with Crippen LogP contribution in [0.5, 0.6) is 0 Å². The van der Waals surface area contributed by atoms with Crippen molar-refractivity contribution in [2.75, 3.05) is 45.1 Å². The van der Waals surface area contributed by atoms with E-state index in [2.05, 4.69) is 52.5 Å². The molecule has 3 rings (SSSR count). The first kappa shape index (κ1) is 13.9. The van der Waals surface area contributed by atoms with Crippen LogP contribution in [0.4, 0.5) is 5.69 Å². The molecular formula is C16H26N4. The predicted octanol–water partition coefficient (Wildman–Crippen LogP) is 1.21. The predicted molar refractivity (Wildman–Crippen MR) is 83.9 cm³/mol. The zero-order valence-corrected chi connectivity index (χ0v) is 12.4. The lowest BCUT2D eigenvalue weighted by Gasteiger charge is -2.56. The van der Waals surface area contributed by atoms with Crippen molar-refractivity contribution in [1.29, 1.82) is 0 Å². The Morgan fingerprint density at radius 1 is 1.20 bits per heavy atom. The molecular weight excluding hydrogens is 248 g/mol. The number of nitrogens with two attached hydrogens (primary N) is 1. The number of benzene rings is 1. The van der Waals surface area contributed by atoms with Gasteiger partial charge < -0.3 is 16.0 Å². The van der Waals surface area contributed by atoms with Gasteiger partial charge in [-0.2, -0.15) is 0 Å². The number of nitrogens with zero attached hydrogens (tertiary/aromatic N) is 2. The van der Waals surface area contributed by atoms with Crippen molar-refractivity contribution >= 4 is 5.69 Å². The molecule has 4 heteroatoms. The molecule has 4 nitrogen and oxygen atoms in total. The highest BCUT2D eigenvalue weighted by Gasteiger charge is 2.45. The number of para-hydroxylation sites is 1. The lowest BCUT2D eigenvalue weighted by Crippen LogP contribution is -2.73. The first-order valence-corrected chi connectivity index (χ1v) is 7.67. The highest BCUT2D eigenvalue weighted by atomic mass is 15.4. The summed E-state index contributed by atoms with van der Waals surface area (Å²) in [6.07, 6.45) is 2.42.